The van der Waals surface area contributed by atoms with Gasteiger partial charge in [-0.3, -0.25) is 0 Å². The molecule has 1 aromatic carbocycles. The third kappa shape index (κ3) is 2.87. The van der Waals surface area contributed by atoms with Crippen LogP contribution in [0.1, 0.15) is 37.0 Å². The Hall–Kier alpha value is -1.88. The number of nitrogens with two attached hydrogens (primary N) is 1. The Labute approximate surface area is 106 Å². The minimum atomic E-state index is -0.0213. The second-order valence-corrected chi connectivity index (χ2v) is 4.54. The summed E-state index contributed by atoms with van der Waals surface area (Å²) in [6.07, 6.45) is 0.579. The van der Waals surface area contributed by atoms with Gasteiger partial charge in [0.1, 0.15) is 5.75 Å². The maximum atomic E-state index is 9.20. The van der Waals surface area contributed by atoms with Gasteiger partial charge in [0, 0.05) is 12.5 Å². The molecule has 2 aromatic rings. The summed E-state index contributed by atoms with van der Waals surface area (Å²) >= 11 is 0. The molecule has 1 aromatic heterocycles. The Balaban J connectivity index is 2.09. The van der Waals surface area contributed by atoms with Crippen molar-refractivity contribution in [1.82, 2.24) is 10.1 Å². The van der Waals surface area contributed by atoms with Gasteiger partial charge in [-0.25, -0.2) is 0 Å². The van der Waals surface area contributed by atoms with Crippen molar-refractivity contribution in [2.24, 2.45) is 5.73 Å². The van der Waals surface area contributed by atoms with Gasteiger partial charge < -0.3 is 15.4 Å². The minimum Gasteiger partial charge on any atom is -0.508 e. The van der Waals surface area contributed by atoms with Crippen LogP contribution in [-0.2, 0) is 6.42 Å². The molecule has 5 heteroatoms. The summed E-state index contributed by atoms with van der Waals surface area (Å²) in [5, 5.41) is 13.1. The van der Waals surface area contributed by atoms with Crippen LogP contribution in [0.2, 0.25) is 0 Å². The van der Waals surface area contributed by atoms with E-state index < -0.39 is 0 Å². The van der Waals surface area contributed by atoms with E-state index in [2.05, 4.69) is 10.1 Å². The molecule has 5 nitrogen and oxygen atoms in total. The van der Waals surface area contributed by atoms with Crippen LogP contribution in [0.5, 0.6) is 5.75 Å². The molecule has 1 heterocycles. The lowest BCUT2D eigenvalue weighted by Crippen LogP contribution is -2.22. The number of benzene rings is 1. The molecule has 0 bridgehead atoms. The lowest BCUT2D eigenvalue weighted by atomic mass is 10.1. The van der Waals surface area contributed by atoms with Gasteiger partial charge in [-0.1, -0.05) is 24.2 Å². The molecule has 0 aliphatic carbocycles. The van der Waals surface area contributed by atoms with E-state index in [0.717, 1.165) is 5.56 Å². The summed E-state index contributed by atoms with van der Waals surface area (Å²) in [6, 6.07) is 6.93. The number of hydrogen-bond donors (Lipinski definition) is 2. The van der Waals surface area contributed by atoms with Crippen molar-refractivity contribution in [1.29, 1.82) is 0 Å². The second kappa shape index (κ2) is 5.18. The van der Waals surface area contributed by atoms with E-state index in [-0.39, 0.29) is 17.7 Å². The maximum absolute atomic E-state index is 9.20. The van der Waals surface area contributed by atoms with E-state index in [0.29, 0.717) is 18.1 Å². The molecule has 0 amide bonds. The van der Waals surface area contributed by atoms with Crippen LogP contribution in [0.4, 0.5) is 0 Å². The van der Waals surface area contributed by atoms with Crippen molar-refractivity contribution in [3.8, 4) is 5.75 Å². The average Bonchev–Trinajstić information content (AvgIpc) is 2.79. The highest BCUT2D eigenvalue weighted by Gasteiger charge is 2.17. The zero-order valence-electron chi connectivity index (χ0n) is 10.5. The number of phenolic OH excluding ortho intramolecular Hbond substituents is 1. The van der Waals surface area contributed by atoms with Crippen LogP contribution in [0.25, 0.3) is 0 Å². The van der Waals surface area contributed by atoms with Gasteiger partial charge in [0.25, 0.3) is 0 Å². The van der Waals surface area contributed by atoms with Gasteiger partial charge in [0.2, 0.25) is 5.89 Å². The Morgan fingerprint density at radius 1 is 1.28 bits per heavy atom. The SMILES string of the molecule is CC(N)C(C)c1nc(Cc2ccc(O)cc2)no1. The number of aromatic hydroxyl groups is 1. The predicted molar refractivity (Wildman–Crippen MR) is 67.3 cm³/mol. The molecule has 0 saturated carbocycles. The monoisotopic (exact) mass is 247 g/mol. The van der Waals surface area contributed by atoms with Gasteiger partial charge in [-0.05, 0) is 24.6 Å². The fourth-order valence-corrected chi connectivity index (χ4v) is 1.55. The molecule has 2 atom stereocenters. The van der Waals surface area contributed by atoms with Crippen LogP contribution >= 0.6 is 0 Å². The average molecular weight is 247 g/mol. The van der Waals surface area contributed by atoms with Crippen molar-refractivity contribution in [3.05, 3.63) is 41.5 Å². The Kier molecular flexibility index (Phi) is 3.62. The predicted octanol–water partition coefficient (Wildman–Crippen LogP) is 1.82. The first-order chi connectivity index (χ1) is 8.56. The largest absolute Gasteiger partial charge is 0.508 e. The van der Waals surface area contributed by atoms with Gasteiger partial charge >= 0.3 is 0 Å². The van der Waals surface area contributed by atoms with E-state index in [1.807, 2.05) is 26.0 Å². The van der Waals surface area contributed by atoms with E-state index in [9.17, 15) is 5.11 Å². The Morgan fingerprint density at radius 2 is 1.94 bits per heavy atom. The summed E-state index contributed by atoms with van der Waals surface area (Å²) in [5.41, 5.74) is 6.81. The van der Waals surface area contributed by atoms with Crippen LogP contribution < -0.4 is 5.73 Å². The van der Waals surface area contributed by atoms with E-state index in [1.165, 1.54) is 0 Å². The second-order valence-electron chi connectivity index (χ2n) is 4.54. The summed E-state index contributed by atoms with van der Waals surface area (Å²) < 4.78 is 5.19. The fraction of sp³-hybridized carbons (Fsp3) is 0.385. The Morgan fingerprint density at radius 3 is 2.56 bits per heavy atom. The molecule has 3 N–H and O–H groups in total. The molecular weight excluding hydrogens is 230 g/mol. The lowest BCUT2D eigenvalue weighted by molar-refractivity contribution is 0.343. The molecule has 2 rings (SSSR count). The number of aromatic nitrogens is 2. The van der Waals surface area contributed by atoms with E-state index in [4.69, 9.17) is 10.3 Å². The number of nitrogens with zero attached hydrogens (tertiary/aromatic N) is 2. The molecule has 18 heavy (non-hydrogen) atoms. The van der Waals surface area contributed by atoms with Crippen LogP contribution in [-0.4, -0.2) is 21.3 Å². The summed E-state index contributed by atoms with van der Waals surface area (Å²) in [7, 11) is 0. The minimum absolute atomic E-state index is 0.0213. The van der Waals surface area contributed by atoms with Crippen molar-refractivity contribution < 1.29 is 9.63 Å². The van der Waals surface area contributed by atoms with Gasteiger partial charge in [-0.15, -0.1) is 0 Å². The van der Waals surface area contributed by atoms with Crippen molar-refractivity contribution in [2.75, 3.05) is 0 Å². The molecule has 0 aliphatic heterocycles. The van der Waals surface area contributed by atoms with Crippen LogP contribution in [0.3, 0.4) is 0 Å². The molecule has 0 saturated heterocycles. The first-order valence-electron chi connectivity index (χ1n) is 5.92. The van der Waals surface area contributed by atoms with Gasteiger partial charge in [0.05, 0.1) is 5.92 Å². The third-order valence-corrected chi connectivity index (χ3v) is 2.96. The first-order valence-corrected chi connectivity index (χ1v) is 5.92. The van der Waals surface area contributed by atoms with Crippen molar-refractivity contribution in [3.63, 3.8) is 0 Å². The van der Waals surface area contributed by atoms with E-state index in [1.54, 1.807) is 12.1 Å². The normalized spacial score (nSPS) is 14.4. The number of rotatable bonds is 4. The molecular formula is C13H17N3O2. The summed E-state index contributed by atoms with van der Waals surface area (Å²) in [4.78, 5) is 4.33. The Bertz CT molecular complexity index is 505. The highest BCUT2D eigenvalue weighted by molar-refractivity contribution is 5.27. The highest BCUT2D eigenvalue weighted by Crippen LogP contribution is 2.17. The summed E-state index contributed by atoms with van der Waals surface area (Å²) in [5.74, 6) is 1.49. The van der Waals surface area contributed by atoms with Gasteiger partial charge in [-0.2, -0.15) is 4.98 Å². The van der Waals surface area contributed by atoms with Crippen molar-refractivity contribution in [2.45, 2.75) is 32.2 Å². The molecule has 96 valence electrons. The maximum Gasteiger partial charge on any atom is 0.231 e. The first kappa shape index (κ1) is 12.6. The van der Waals surface area contributed by atoms with Crippen LogP contribution in [0.15, 0.2) is 28.8 Å². The molecule has 0 spiro atoms. The van der Waals surface area contributed by atoms with Gasteiger partial charge in [0.15, 0.2) is 5.82 Å². The van der Waals surface area contributed by atoms with Crippen molar-refractivity contribution >= 4 is 0 Å². The zero-order valence-corrected chi connectivity index (χ0v) is 10.5. The smallest absolute Gasteiger partial charge is 0.231 e. The molecule has 0 radical (unpaired) electrons. The fourth-order valence-electron chi connectivity index (χ4n) is 1.55. The molecule has 0 aliphatic rings. The summed E-state index contributed by atoms with van der Waals surface area (Å²) in [6.45, 7) is 3.87. The van der Waals surface area contributed by atoms with E-state index >= 15 is 0 Å². The van der Waals surface area contributed by atoms with Crippen LogP contribution in [0, 0.1) is 0 Å². The zero-order chi connectivity index (χ0) is 13.1. The number of phenols is 1. The third-order valence-electron chi connectivity index (χ3n) is 2.96. The quantitative estimate of drug-likeness (QED) is 0.860. The topological polar surface area (TPSA) is 85.2 Å². The standard InChI is InChI=1S/C13H17N3O2/c1-8(9(2)14)13-15-12(16-18-13)7-10-3-5-11(17)6-4-10/h3-6,8-9,17H,7,14H2,1-2H3. The number of hydrogen-bond acceptors (Lipinski definition) is 5. The lowest BCUT2D eigenvalue weighted by Gasteiger charge is -2.09. The molecule has 0 fully saturated rings. The molecule has 2 unspecified atom stereocenters. The highest BCUT2D eigenvalue weighted by atomic mass is 16.5.